The van der Waals surface area contributed by atoms with E-state index in [1.54, 1.807) is 11.8 Å². The minimum Gasteiger partial charge on any atom is -0.468 e. The van der Waals surface area contributed by atoms with Crippen LogP contribution in [0.25, 0.3) is 11.1 Å². The fourth-order valence-corrected chi connectivity index (χ4v) is 2.48. The van der Waals surface area contributed by atoms with Crippen LogP contribution in [0.2, 0.25) is 0 Å². The summed E-state index contributed by atoms with van der Waals surface area (Å²) in [6, 6.07) is 7.10. The number of para-hydroxylation sites is 2. The van der Waals surface area contributed by atoms with Crippen molar-refractivity contribution in [2.75, 3.05) is 12.9 Å². The van der Waals surface area contributed by atoms with Gasteiger partial charge in [0.2, 0.25) is 5.89 Å². The third-order valence-corrected chi connectivity index (χ3v) is 3.62. The van der Waals surface area contributed by atoms with Gasteiger partial charge in [0, 0.05) is 0 Å². The van der Waals surface area contributed by atoms with Crippen LogP contribution in [-0.2, 0) is 15.3 Å². The highest BCUT2D eigenvalue weighted by Gasteiger charge is 2.13. The number of aromatic nitrogens is 1. The molecular weight excluding hydrogens is 264 g/mol. The van der Waals surface area contributed by atoms with Crippen LogP contribution in [0.1, 0.15) is 12.3 Å². The molecule has 0 bridgehead atoms. The highest BCUT2D eigenvalue weighted by Crippen LogP contribution is 2.19. The maximum atomic E-state index is 11.1. The summed E-state index contributed by atoms with van der Waals surface area (Å²) < 4.78 is 10.2. The molecule has 0 saturated carbocycles. The second-order valence-corrected chi connectivity index (χ2v) is 5.15. The molecular formula is C13H16N2O3S. The molecule has 19 heavy (non-hydrogen) atoms. The van der Waals surface area contributed by atoms with E-state index in [-0.39, 0.29) is 5.97 Å². The number of nitrogens with two attached hydrogens (primary N) is 1. The Morgan fingerprint density at radius 1 is 1.53 bits per heavy atom. The Bertz CT molecular complexity index is 523. The van der Waals surface area contributed by atoms with Gasteiger partial charge >= 0.3 is 5.97 Å². The molecule has 0 fully saturated rings. The second-order valence-electron chi connectivity index (χ2n) is 4.05. The van der Waals surface area contributed by atoms with Crippen LogP contribution in [-0.4, -0.2) is 29.9 Å². The van der Waals surface area contributed by atoms with Crippen LogP contribution in [0, 0.1) is 0 Å². The van der Waals surface area contributed by atoms with Crippen molar-refractivity contribution in [1.82, 2.24) is 4.98 Å². The Balaban J connectivity index is 1.78. The molecule has 1 heterocycles. The topological polar surface area (TPSA) is 78.4 Å². The van der Waals surface area contributed by atoms with Gasteiger partial charge in [-0.2, -0.15) is 11.8 Å². The lowest BCUT2D eigenvalue weighted by molar-refractivity contribution is -0.142. The first kappa shape index (κ1) is 13.9. The molecule has 0 aliphatic carbocycles. The van der Waals surface area contributed by atoms with Gasteiger partial charge in [0.15, 0.2) is 5.58 Å². The molecule has 0 amide bonds. The first-order chi connectivity index (χ1) is 9.20. The van der Waals surface area contributed by atoms with Crippen molar-refractivity contribution in [3.63, 3.8) is 0 Å². The molecule has 2 N–H and O–H groups in total. The number of hydrogen-bond donors (Lipinski definition) is 1. The van der Waals surface area contributed by atoms with Gasteiger partial charge in [0.1, 0.15) is 11.6 Å². The average Bonchev–Trinajstić information content (AvgIpc) is 2.85. The molecule has 1 aromatic heterocycles. The third kappa shape index (κ3) is 3.71. The van der Waals surface area contributed by atoms with Crippen LogP contribution >= 0.6 is 11.8 Å². The van der Waals surface area contributed by atoms with Gasteiger partial charge in [-0.3, -0.25) is 4.79 Å². The first-order valence-electron chi connectivity index (χ1n) is 5.96. The Hall–Kier alpha value is -1.53. The van der Waals surface area contributed by atoms with Crippen LogP contribution in [0.3, 0.4) is 0 Å². The van der Waals surface area contributed by atoms with Gasteiger partial charge in [0.25, 0.3) is 0 Å². The SMILES string of the molecule is COC(=O)C(N)CCSCc1nc2ccccc2o1. The fourth-order valence-electron chi connectivity index (χ4n) is 1.62. The second kappa shape index (κ2) is 6.58. The van der Waals surface area contributed by atoms with Gasteiger partial charge in [-0.15, -0.1) is 0 Å². The van der Waals surface area contributed by atoms with E-state index in [2.05, 4.69) is 9.72 Å². The minimum atomic E-state index is -0.555. The van der Waals surface area contributed by atoms with Crippen molar-refractivity contribution >= 4 is 28.8 Å². The Kier molecular flexibility index (Phi) is 4.81. The number of fused-ring (bicyclic) bond motifs is 1. The summed E-state index contributed by atoms with van der Waals surface area (Å²) in [6.07, 6.45) is 0.581. The van der Waals surface area contributed by atoms with E-state index in [9.17, 15) is 4.79 Å². The fraction of sp³-hybridized carbons (Fsp3) is 0.385. The van der Waals surface area contributed by atoms with Crippen molar-refractivity contribution < 1.29 is 13.9 Å². The maximum absolute atomic E-state index is 11.1. The lowest BCUT2D eigenvalue weighted by Crippen LogP contribution is -2.31. The predicted molar refractivity (Wildman–Crippen MR) is 74.8 cm³/mol. The molecule has 0 aliphatic rings. The number of nitrogens with zero attached hydrogens (tertiary/aromatic N) is 1. The average molecular weight is 280 g/mol. The van der Waals surface area contributed by atoms with E-state index >= 15 is 0 Å². The highest BCUT2D eigenvalue weighted by molar-refractivity contribution is 7.98. The Morgan fingerprint density at radius 3 is 3.05 bits per heavy atom. The van der Waals surface area contributed by atoms with Gasteiger partial charge in [0.05, 0.1) is 12.9 Å². The maximum Gasteiger partial charge on any atom is 0.322 e. The number of benzene rings is 1. The monoisotopic (exact) mass is 280 g/mol. The lowest BCUT2D eigenvalue weighted by Gasteiger charge is -2.07. The lowest BCUT2D eigenvalue weighted by atomic mass is 10.2. The number of hydrogen-bond acceptors (Lipinski definition) is 6. The first-order valence-corrected chi connectivity index (χ1v) is 7.12. The van der Waals surface area contributed by atoms with Crippen molar-refractivity contribution in [3.8, 4) is 0 Å². The Morgan fingerprint density at radius 2 is 2.32 bits per heavy atom. The highest BCUT2D eigenvalue weighted by atomic mass is 32.2. The summed E-state index contributed by atoms with van der Waals surface area (Å²) in [4.78, 5) is 15.5. The molecule has 2 aromatic rings. The molecule has 1 unspecified atom stereocenters. The minimum absolute atomic E-state index is 0.373. The summed E-state index contributed by atoms with van der Waals surface area (Å²) in [5.41, 5.74) is 7.30. The molecule has 0 spiro atoms. The summed E-state index contributed by atoms with van der Waals surface area (Å²) in [5, 5.41) is 0. The van der Waals surface area contributed by atoms with Crippen LogP contribution in [0.5, 0.6) is 0 Å². The van der Waals surface area contributed by atoms with E-state index in [1.807, 2.05) is 24.3 Å². The van der Waals surface area contributed by atoms with Crippen molar-refractivity contribution in [3.05, 3.63) is 30.2 Å². The molecule has 6 heteroatoms. The molecule has 2 rings (SSSR count). The smallest absolute Gasteiger partial charge is 0.322 e. The normalized spacial score (nSPS) is 12.5. The zero-order valence-corrected chi connectivity index (χ0v) is 11.5. The predicted octanol–water partition coefficient (Wildman–Crippen LogP) is 1.95. The zero-order chi connectivity index (χ0) is 13.7. The molecule has 1 aromatic carbocycles. The quantitative estimate of drug-likeness (QED) is 0.643. The summed E-state index contributed by atoms with van der Waals surface area (Å²) in [5.74, 6) is 1.75. The van der Waals surface area contributed by atoms with Crippen molar-refractivity contribution in [2.24, 2.45) is 5.73 Å². The molecule has 0 radical (unpaired) electrons. The molecule has 1 atom stereocenters. The number of methoxy groups -OCH3 is 1. The molecule has 0 saturated heterocycles. The number of carbonyl (C=O) groups excluding carboxylic acids is 1. The summed E-state index contributed by atoms with van der Waals surface area (Å²) in [6.45, 7) is 0. The number of thioether (sulfide) groups is 1. The number of oxazole rings is 1. The van der Waals surface area contributed by atoms with Crippen LogP contribution < -0.4 is 5.73 Å². The number of rotatable bonds is 6. The largest absolute Gasteiger partial charge is 0.468 e. The van der Waals surface area contributed by atoms with Crippen LogP contribution in [0.15, 0.2) is 28.7 Å². The molecule has 0 aliphatic heterocycles. The van der Waals surface area contributed by atoms with E-state index in [0.717, 1.165) is 16.9 Å². The van der Waals surface area contributed by atoms with Crippen molar-refractivity contribution in [1.29, 1.82) is 0 Å². The van der Waals surface area contributed by atoms with E-state index in [4.69, 9.17) is 10.2 Å². The standard InChI is InChI=1S/C13H16N2O3S/c1-17-13(16)9(14)6-7-19-8-12-15-10-4-2-3-5-11(10)18-12/h2-5,9H,6-8,14H2,1H3. The molecule has 102 valence electrons. The summed E-state index contributed by atoms with van der Waals surface area (Å²) >= 11 is 1.63. The molecule has 5 nitrogen and oxygen atoms in total. The Labute approximate surface area is 115 Å². The number of esters is 1. The number of carbonyl (C=O) groups is 1. The van der Waals surface area contributed by atoms with E-state index in [1.165, 1.54) is 7.11 Å². The van der Waals surface area contributed by atoms with Gasteiger partial charge < -0.3 is 14.9 Å². The van der Waals surface area contributed by atoms with Gasteiger partial charge in [-0.05, 0) is 24.3 Å². The van der Waals surface area contributed by atoms with Gasteiger partial charge in [-0.25, -0.2) is 4.98 Å². The van der Waals surface area contributed by atoms with E-state index < -0.39 is 6.04 Å². The van der Waals surface area contributed by atoms with Crippen molar-refractivity contribution in [2.45, 2.75) is 18.2 Å². The van der Waals surface area contributed by atoms with E-state index in [0.29, 0.717) is 18.1 Å². The third-order valence-electron chi connectivity index (χ3n) is 2.64. The van der Waals surface area contributed by atoms with Crippen LogP contribution in [0.4, 0.5) is 0 Å². The summed E-state index contributed by atoms with van der Waals surface area (Å²) in [7, 11) is 1.34. The number of ether oxygens (including phenoxy) is 1. The zero-order valence-electron chi connectivity index (χ0n) is 10.7. The van der Waals surface area contributed by atoms with Gasteiger partial charge in [-0.1, -0.05) is 12.1 Å².